The molecule has 4 rings (SSSR count). The minimum atomic E-state index is -3.91. The first-order valence-corrected chi connectivity index (χ1v) is 10.8. The fourth-order valence-electron chi connectivity index (χ4n) is 4.14. The van der Waals surface area contributed by atoms with Gasteiger partial charge in [0, 0.05) is 11.6 Å². The number of likely N-dealkylation sites (N-methyl/N-ethyl adjacent to an activating group) is 1. The summed E-state index contributed by atoms with van der Waals surface area (Å²) in [5.41, 5.74) is 2.05. The van der Waals surface area contributed by atoms with E-state index in [9.17, 15) is 18.0 Å². The van der Waals surface area contributed by atoms with Gasteiger partial charge in [-0.2, -0.15) is 0 Å². The van der Waals surface area contributed by atoms with Crippen molar-refractivity contribution in [3.63, 3.8) is 0 Å². The number of hydrogen-bond acceptors (Lipinski definition) is 4. The van der Waals surface area contributed by atoms with Gasteiger partial charge in [-0.05, 0) is 43.2 Å². The average Bonchev–Trinajstić information content (AvgIpc) is 3.09. The number of nitrogens with one attached hydrogen (secondary N) is 1. The molecule has 0 aromatic heterocycles. The highest BCUT2D eigenvalue weighted by molar-refractivity contribution is 7.89. The van der Waals surface area contributed by atoms with E-state index in [-0.39, 0.29) is 23.3 Å². The van der Waals surface area contributed by atoms with Crippen LogP contribution < -0.4 is 4.72 Å². The first kappa shape index (κ1) is 19.1. The summed E-state index contributed by atoms with van der Waals surface area (Å²) in [6.07, 6.45) is 0. The summed E-state index contributed by atoms with van der Waals surface area (Å²) < 4.78 is 28.6. The van der Waals surface area contributed by atoms with E-state index < -0.39 is 27.9 Å². The molecule has 146 valence electrons. The molecule has 8 heteroatoms. The molecular formula is C20H19ClN2O4S. The van der Waals surface area contributed by atoms with Crippen molar-refractivity contribution in [3.8, 4) is 0 Å². The number of fused-ring (bicyclic) bond motifs is 3. The number of likely N-dealkylation sites (tertiary alicyclic amines) is 1. The number of rotatable bonds is 4. The average molecular weight is 419 g/mol. The zero-order valence-electron chi connectivity index (χ0n) is 15.3. The van der Waals surface area contributed by atoms with Gasteiger partial charge in [-0.3, -0.25) is 14.5 Å². The smallest absolute Gasteiger partial charge is 0.241 e. The van der Waals surface area contributed by atoms with E-state index in [0.29, 0.717) is 16.1 Å². The summed E-state index contributed by atoms with van der Waals surface area (Å²) in [4.78, 5) is 27.0. The van der Waals surface area contributed by atoms with Gasteiger partial charge < -0.3 is 0 Å². The number of sulfonamides is 1. The Kier molecular flexibility index (Phi) is 4.56. The Hall–Kier alpha value is -2.22. The first-order chi connectivity index (χ1) is 13.3. The zero-order chi connectivity index (χ0) is 20.2. The SMILES string of the molecule is CCN1C(=O)[C@H]2[C@H](NS(=O)(=O)c3ccc(C)cc3)c3c(Cl)cccc3[C@H]2C1=O. The number of aryl methyl sites for hydroxylation is 1. The Morgan fingerprint density at radius 3 is 2.39 bits per heavy atom. The molecule has 1 saturated heterocycles. The highest BCUT2D eigenvalue weighted by Crippen LogP contribution is 2.52. The van der Waals surface area contributed by atoms with Crippen molar-refractivity contribution < 1.29 is 18.0 Å². The quantitative estimate of drug-likeness (QED) is 0.774. The molecule has 1 fully saturated rings. The van der Waals surface area contributed by atoms with E-state index in [4.69, 9.17) is 11.6 Å². The number of imide groups is 1. The summed E-state index contributed by atoms with van der Waals surface area (Å²) in [7, 11) is -3.91. The van der Waals surface area contributed by atoms with Crippen molar-refractivity contribution in [3.05, 3.63) is 64.2 Å². The van der Waals surface area contributed by atoms with Crippen molar-refractivity contribution in [2.45, 2.75) is 30.7 Å². The normalized spacial score (nSPS) is 23.8. The summed E-state index contributed by atoms with van der Waals surface area (Å²) in [5.74, 6) is -2.23. The third-order valence-corrected chi connectivity index (χ3v) is 7.25. The summed E-state index contributed by atoms with van der Waals surface area (Å²) in [5, 5.41) is 0.340. The van der Waals surface area contributed by atoms with Gasteiger partial charge in [0.2, 0.25) is 21.8 Å². The van der Waals surface area contributed by atoms with Crippen molar-refractivity contribution in [1.82, 2.24) is 9.62 Å². The molecular weight excluding hydrogens is 400 g/mol. The van der Waals surface area contributed by atoms with Gasteiger partial charge in [0.05, 0.1) is 22.8 Å². The minimum absolute atomic E-state index is 0.0965. The van der Waals surface area contributed by atoms with Gasteiger partial charge in [-0.25, -0.2) is 13.1 Å². The fourth-order valence-corrected chi connectivity index (χ4v) is 5.67. The van der Waals surface area contributed by atoms with Crippen LogP contribution in [0.1, 0.15) is 35.6 Å². The maximum Gasteiger partial charge on any atom is 0.241 e. The second kappa shape index (κ2) is 6.69. The van der Waals surface area contributed by atoms with Crippen LogP contribution in [0.15, 0.2) is 47.4 Å². The van der Waals surface area contributed by atoms with Crippen molar-refractivity contribution in [2.75, 3.05) is 6.54 Å². The number of carbonyl (C=O) groups is 2. The lowest BCUT2D eigenvalue weighted by Gasteiger charge is -2.21. The zero-order valence-corrected chi connectivity index (χ0v) is 16.9. The summed E-state index contributed by atoms with van der Waals surface area (Å²) in [6.45, 7) is 3.84. The number of amides is 2. The fraction of sp³-hybridized carbons (Fsp3) is 0.300. The van der Waals surface area contributed by atoms with Gasteiger partial charge >= 0.3 is 0 Å². The molecule has 2 amide bonds. The van der Waals surface area contributed by atoms with Crippen LogP contribution in [0.25, 0.3) is 0 Å². The molecule has 0 unspecified atom stereocenters. The van der Waals surface area contributed by atoms with Crippen LogP contribution in [0.2, 0.25) is 5.02 Å². The highest BCUT2D eigenvalue weighted by atomic mass is 35.5. The Bertz CT molecular complexity index is 1080. The van der Waals surface area contributed by atoms with E-state index in [1.807, 2.05) is 6.92 Å². The van der Waals surface area contributed by atoms with Crippen LogP contribution in [0, 0.1) is 12.8 Å². The number of halogens is 1. The standard InChI is InChI=1S/C20H19ClN2O4S/c1-3-23-19(24)16-13-5-4-6-14(21)15(13)18(17(16)20(23)25)22-28(26,27)12-9-7-11(2)8-10-12/h4-10,16-18,22H,3H2,1-2H3/t16-,17-,18-/m1/s1. The molecule has 1 aliphatic heterocycles. The van der Waals surface area contributed by atoms with E-state index >= 15 is 0 Å². The Morgan fingerprint density at radius 2 is 1.75 bits per heavy atom. The molecule has 1 heterocycles. The molecule has 0 bridgehead atoms. The molecule has 6 nitrogen and oxygen atoms in total. The first-order valence-electron chi connectivity index (χ1n) is 8.98. The molecule has 0 radical (unpaired) electrons. The van der Waals surface area contributed by atoms with E-state index in [0.717, 1.165) is 5.56 Å². The lowest BCUT2D eigenvalue weighted by Crippen LogP contribution is -2.37. The number of nitrogens with zero attached hydrogens (tertiary/aromatic N) is 1. The predicted molar refractivity (Wildman–Crippen MR) is 104 cm³/mol. The van der Waals surface area contributed by atoms with Crippen LogP contribution in [0.5, 0.6) is 0 Å². The molecule has 1 aliphatic carbocycles. The molecule has 0 spiro atoms. The van der Waals surface area contributed by atoms with Gasteiger partial charge in [-0.15, -0.1) is 0 Å². The van der Waals surface area contributed by atoms with E-state index in [2.05, 4.69) is 4.72 Å². The van der Waals surface area contributed by atoms with Crippen LogP contribution >= 0.6 is 11.6 Å². The molecule has 2 aromatic carbocycles. The van der Waals surface area contributed by atoms with Crippen LogP contribution in [0.3, 0.4) is 0 Å². The Balaban J connectivity index is 1.81. The maximum atomic E-state index is 13.0. The molecule has 2 aromatic rings. The van der Waals surface area contributed by atoms with Crippen LogP contribution in [-0.4, -0.2) is 31.7 Å². The van der Waals surface area contributed by atoms with Crippen LogP contribution in [0.4, 0.5) is 0 Å². The third kappa shape index (κ3) is 2.77. The lowest BCUT2D eigenvalue weighted by atomic mass is 9.94. The monoisotopic (exact) mass is 418 g/mol. The van der Waals surface area contributed by atoms with Gasteiger partial charge in [0.1, 0.15) is 0 Å². The van der Waals surface area contributed by atoms with Crippen LogP contribution in [-0.2, 0) is 19.6 Å². The molecule has 0 saturated carbocycles. The predicted octanol–water partition coefficient (Wildman–Crippen LogP) is 2.77. The van der Waals surface area contributed by atoms with Gasteiger partial charge in [0.15, 0.2) is 0 Å². The number of carbonyl (C=O) groups excluding carboxylic acids is 2. The molecule has 1 N–H and O–H groups in total. The Morgan fingerprint density at radius 1 is 1.07 bits per heavy atom. The van der Waals surface area contributed by atoms with Crippen molar-refractivity contribution in [2.24, 2.45) is 5.92 Å². The highest BCUT2D eigenvalue weighted by Gasteiger charge is 2.57. The van der Waals surface area contributed by atoms with Gasteiger partial charge in [0.25, 0.3) is 0 Å². The molecule has 3 atom stereocenters. The minimum Gasteiger partial charge on any atom is -0.282 e. The second-order valence-electron chi connectivity index (χ2n) is 7.08. The lowest BCUT2D eigenvalue weighted by molar-refractivity contribution is -0.139. The topological polar surface area (TPSA) is 83.6 Å². The third-order valence-electron chi connectivity index (χ3n) is 5.46. The van der Waals surface area contributed by atoms with Crippen molar-refractivity contribution in [1.29, 1.82) is 0 Å². The molecule has 28 heavy (non-hydrogen) atoms. The van der Waals surface area contributed by atoms with E-state index in [1.165, 1.54) is 17.0 Å². The largest absolute Gasteiger partial charge is 0.282 e. The maximum absolute atomic E-state index is 13.0. The van der Waals surface area contributed by atoms with E-state index in [1.54, 1.807) is 37.3 Å². The number of hydrogen-bond donors (Lipinski definition) is 1. The molecule has 2 aliphatic rings. The summed E-state index contributed by atoms with van der Waals surface area (Å²) >= 11 is 6.37. The number of benzene rings is 2. The van der Waals surface area contributed by atoms with Crippen molar-refractivity contribution >= 4 is 33.4 Å². The summed E-state index contributed by atoms with van der Waals surface area (Å²) in [6, 6.07) is 10.6. The Labute approximate surface area is 168 Å². The van der Waals surface area contributed by atoms with Gasteiger partial charge in [-0.1, -0.05) is 41.4 Å². The second-order valence-corrected chi connectivity index (χ2v) is 9.20.